The first-order valence-corrected chi connectivity index (χ1v) is 6.18. The molecule has 0 aromatic heterocycles. The lowest BCUT2D eigenvalue weighted by molar-refractivity contribution is 0.402. The Morgan fingerprint density at radius 3 is 2.36 bits per heavy atom. The summed E-state index contributed by atoms with van der Waals surface area (Å²) < 4.78 is 5.04. The molecule has 0 saturated heterocycles. The zero-order chi connectivity index (χ0) is 16.1. The molecule has 0 radical (unpaired) electrons. The van der Waals surface area contributed by atoms with Gasteiger partial charge in [0.25, 0.3) is 0 Å². The lowest BCUT2D eigenvalue weighted by atomic mass is 10.1. The Kier molecular flexibility index (Phi) is 4.26. The van der Waals surface area contributed by atoms with Gasteiger partial charge in [-0.2, -0.15) is 10.5 Å². The summed E-state index contributed by atoms with van der Waals surface area (Å²) in [5.74, 6) is -0.435. The molecule has 0 atom stereocenters. The second-order valence-electron chi connectivity index (χ2n) is 4.27. The van der Waals surface area contributed by atoms with Gasteiger partial charge in [0, 0.05) is 12.3 Å². The molecule has 0 aliphatic carbocycles. The fourth-order valence-electron chi connectivity index (χ4n) is 1.80. The smallest absolute Gasteiger partial charge is 0.177 e. The molecule has 6 heteroatoms. The lowest BCUT2D eigenvalue weighted by Gasteiger charge is -2.05. The van der Waals surface area contributed by atoms with E-state index in [4.69, 9.17) is 15.3 Å². The van der Waals surface area contributed by atoms with E-state index >= 15 is 0 Å². The van der Waals surface area contributed by atoms with Crippen molar-refractivity contribution < 1.29 is 14.9 Å². The Labute approximate surface area is 126 Å². The first kappa shape index (κ1) is 14.9. The third kappa shape index (κ3) is 2.82. The molecular formula is C16H11N3O3. The first-order valence-electron chi connectivity index (χ1n) is 6.18. The van der Waals surface area contributed by atoms with Gasteiger partial charge < -0.3 is 14.9 Å². The van der Waals surface area contributed by atoms with Crippen molar-refractivity contribution in [2.45, 2.75) is 0 Å². The van der Waals surface area contributed by atoms with E-state index < -0.39 is 11.5 Å². The van der Waals surface area contributed by atoms with Crippen LogP contribution in [0.3, 0.4) is 0 Å². The number of nitrogens with zero attached hydrogens (tertiary/aromatic N) is 3. The van der Waals surface area contributed by atoms with Gasteiger partial charge in [-0.1, -0.05) is 0 Å². The fourth-order valence-corrected chi connectivity index (χ4v) is 1.80. The maximum atomic E-state index is 9.69. The predicted octanol–water partition coefficient (Wildman–Crippen LogP) is 2.60. The number of nitriles is 2. The molecule has 2 rings (SSSR count). The summed E-state index contributed by atoms with van der Waals surface area (Å²) in [5, 5.41) is 37.3. The molecule has 22 heavy (non-hydrogen) atoms. The van der Waals surface area contributed by atoms with E-state index in [1.165, 1.54) is 6.21 Å². The van der Waals surface area contributed by atoms with Crippen molar-refractivity contribution in [1.29, 1.82) is 10.5 Å². The van der Waals surface area contributed by atoms with Crippen LogP contribution in [0.25, 0.3) is 0 Å². The molecule has 2 aromatic carbocycles. The summed E-state index contributed by atoms with van der Waals surface area (Å²) in [6, 6.07) is 11.6. The predicted molar refractivity (Wildman–Crippen MR) is 79.4 cm³/mol. The van der Waals surface area contributed by atoms with Crippen LogP contribution in [-0.4, -0.2) is 23.5 Å². The summed E-state index contributed by atoms with van der Waals surface area (Å²) in [5.41, 5.74) is 0.482. The molecule has 0 spiro atoms. The largest absolute Gasteiger partial charge is 0.504 e. The van der Waals surface area contributed by atoms with E-state index in [1.54, 1.807) is 37.4 Å². The molecule has 108 valence electrons. The molecule has 0 unspecified atom stereocenters. The summed E-state index contributed by atoms with van der Waals surface area (Å²) in [6.45, 7) is 0. The maximum Gasteiger partial charge on any atom is 0.177 e. The zero-order valence-corrected chi connectivity index (χ0v) is 11.6. The minimum Gasteiger partial charge on any atom is -0.504 e. The van der Waals surface area contributed by atoms with E-state index in [0.717, 1.165) is 11.6 Å². The van der Waals surface area contributed by atoms with Crippen molar-refractivity contribution in [3.8, 4) is 29.4 Å². The van der Waals surface area contributed by atoms with E-state index in [1.807, 2.05) is 6.07 Å². The van der Waals surface area contributed by atoms with E-state index in [0.29, 0.717) is 5.75 Å². The Morgan fingerprint density at radius 1 is 1.14 bits per heavy atom. The maximum absolute atomic E-state index is 9.69. The van der Waals surface area contributed by atoms with Gasteiger partial charge in [0.2, 0.25) is 0 Å². The van der Waals surface area contributed by atoms with Crippen molar-refractivity contribution in [2.24, 2.45) is 4.99 Å². The molecule has 0 aliphatic heterocycles. The Balaban J connectivity index is 2.48. The monoisotopic (exact) mass is 293 g/mol. The van der Waals surface area contributed by atoms with Crippen LogP contribution in [0.2, 0.25) is 0 Å². The number of hydrogen-bond donors (Lipinski definition) is 2. The van der Waals surface area contributed by atoms with Crippen LogP contribution < -0.4 is 4.74 Å². The van der Waals surface area contributed by atoms with Crippen LogP contribution in [0.1, 0.15) is 16.7 Å². The second-order valence-corrected chi connectivity index (χ2v) is 4.27. The first-order chi connectivity index (χ1) is 10.6. The number of ether oxygens (including phenoxy) is 1. The third-order valence-electron chi connectivity index (χ3n) is 2.94. The summed E-state index contributed by atoms with van der Waals surface area (Å²) >= 11 is 0. The average Bonchev–Trinajstić information content (AvgIpc) is 2.55. The molecule has 0 heterocycles. The van der Waals surface area contributed by atoms with E-state index in [9.17, 15) is 10.2 Å². The Morgan fingerprint density at radius 2 is 1.82 bits per heavy atom. The van der Waals surface area contributed by atoms with Crippen LogP contribution in [-0.2, 0) is 0 Å². The van der Waals surface area contributed by atoms with Crippen molar-refractivity contribution in [3.63, 3.8) is 0 Å². The molecule has 0 amide bonds. The third-order valence-corrected chi connectivity index (χ3v) is 2.94. The molecule has 0 aliphatic rings. The van der Waals surface area contributed by atoms with Gasteiger partial charge >= 0.3 is 0 Å². The standard InChI is InChI=1S/C16H11N3O3/c1-22-12-4-2-10(3-5-12)9-19-15-11(7-17)6-14(20)16(21)13(15)8-18/h2-6,9,20-21H,1H3. The van der Waals surface area contributed by atoms with Crippen molar-refractivity contribution in [3.05, 3.63) is 47.0 Å². The lowest BCUT2D eigenvalue weighted by Crippen LogP contribution is -1.88. The quantitative estimate of drug-likeness (QED) is 0.667. The number of aliphatic imine (C=N–C) groups is 1. The van der Waals surface area contributed by atoms with Crippen LogP contribution in [0.15, 0.2) is 35.3 Å². The van der Waals surface area contributed by atoms with Crippen molar-refractivity contribution >= 4 is 11.9 Å². The van der Waals surface area contributed by atoms with Gasteiger partial charge in [-0.3, -0.25) is 4.99 Å². The highest BCUT2D eigenvalue weighted by Crippen LogP contribution is 2.38. The highest BCUT2D eigenvalue weighted by atomic mass is 16.5. The molecule has 0 bridgehead atoms. The van der Waals surface area contributed by atoms with Gasteiger partial charge in [0.15, 0.2) is 11.5 Å². The minimum atomic E-state index is -0.594. The summed E-state index contributed by atoms with van der Waals surface area (Å²) in [6.07, 6.45) is 1.45. The zero-order valence-electron chi connectivity index (χ0n) is 11.6. The number of rotatable bonds is 3. The van der Waals surface area contributed by atoms with E-state index in [-0.39, 0.29) is 16.8 Å². The number of phenols is 2. The van der Waals surface area contributed by atoms with Crippen LogP contribution in [0.5, 0.6) is 17.2 Å². The number of methoxy groups -OCH3 is 1. The molecule has 2 N–H and O–H groups in total. The number of hydrogen-bond acceptors (Lipinski definition) is 6. The summed E-state index contributed by atoms with van der Waals surface area (Å²) in [7, 11) is 1.56. The van der Waals surface area contributed by atoms with Gasteiger partial charge in [-0.15, -0.1) is 0 Å². The van der Waals surface area contributed by atoms with Crippen molar-refractivity contribution in [1.82, 2.24) is 0 Å². The van der Waals surface area contributed by atoms with Gasteiger partial charge in [0.1, 0.15) is 29.1 Å². The number of benzene rings is 2. The highest BCUT2D eigenvalue weighted by Gasteiger charge is 2.16. The fraction of sp³-hybridized carbons (Fsp3) is 0.0625. The van der Waals surface area contributed by atoms with Crippen LogP contribution >= 0.6 is 0 Å². The topological polar surface area (TPSA) is 110 Å². The molecule has 0 fully saturated rings. The van der Waals surface area contributed by atoms with Crippen LogP contribution in [0.4, 0.5) is 5.69 Å². The normalized spacial score (nSPS) is 10.1. The SMILES string of the molecule is COc1ccc(C=Nc2c(C#N)cc(O)c(O)c2C#N)cc1. The number of phenolic OH excluding ortho intramolecular Hbond substituents is 2. The molecular weight excluding hydrogens is 282 g/mol. The second kappa shape index (κ2) is 6.29. The highest BCUT2D eigenvalue weighted by molar-refractivity contribution is 5.85. The molecule has 2 aromatic rings. The molecule has 6 nitrogen and oxygen atoms in total. The van der Waals surface area contributed by atoms with Crippen LogP contribution in [0, 0.1) is 22.7 Å². The van der Waals surface area contributed by atoms with Gasteiger partial charge in [-0.05, 0) is 29.8 Å². The molecule has 0 saturated carbocycles. The Bertz CT molecular complexity index is 813. The minimum absolute atomic E-state index is 0.00314. The van der Waals surface area contributed by atoms with Gasteiger partial charge in [-0.25, -0.2) is 0 Å². The number of aromatic hydroxyl groups is 2. The Hall–Kier alpha value is -3.51. The summed E-state index contributed by atoms with van der Waals surface area (Å²) in [4.78, 5) is 4.09. The van der Waals surface area contributed by atoms with Crippen molar-refractivity contribution in [2.75, 3.05) is 7.11 Å². The van der Waals surface area contributed by atoms with Gasteiger partial charge in [0.05, 0.1) is 12.7 Å². The average molecular weight is 293 g/mol. The van der Waals surface area contributed by atoms with E-state index in [2.05, 4.69) is 4.99 Å².